The van der Waals surface area contributed by atoms with E-state index in [0.29, 0.717) is 17.7 Å². The van der Waals surface area contributed by atoms with Gasteiger partial charge in [-0.1, -0.05) is 29.8 Å². The lowest BCUT2D eigenvalue weighted by molar-refractivity contribution is 0.0989. The van der Waals surface area contributed by atoms with Gasteiger partial charge in [0.2, 0.25) is 0 Å². The molecule has 0 amide bonds. The minimum atomic E-state index is 0.0198. The topological polar surface area (TPSA) is 35.5 Å². The normalized spacial score (nSPS) is 10.2. The molecule has 0 aromatic heterocycles. The third kappa shape index (κ3) is 2.99. The highest BCUT2D eigenvalue weighted by Crippen LogP contribution is 2.24. The van der Waals surface area contributed by atoms with E-state index in [1.165, 1.54) is 0 Å². The lowest BCUT2D eigenvalue weighted by atomic mass is 10.00. The van der Waals surface area contributed by atoms with Crippen LogP contribution >= 0.6 is 0 Å². The third-order valence-electron chi connectivity index (χ3n) is 3.19. The summed E-state index contributed by atoms with van der Waals surface area (Å²) in [5.41, 5.74) is 2.59. The van der Waals surface area contributed by atoms with E-state index >= 15 is 0 Å². The Hall–Kier alpha value is -2.29. The van der Waals surface area contributed by atoms with Crippen LogP contribution in [-0.2, 0) is 6.42 Å². The molecule has 0 saturated heterocycles. The monoisotopic (exact) mass is 270 g/mol. The number of benzene rings is 2. The number of rotatable bonds is 5. The van der Waals surface area contributed by atoms with E-state index < -0.39 is 0 Å². The van der Waals surface area contributed by atoms with Gasteiger partial charge in [-0.3, -0.25) is 4.79 Å². The molecule has 2 aromatic carbocycles. The SMILES string of the molecule is COc1ccc(C)cc1CC(=O)c1ccccc1OC. The summed E-state index contributed by atoms with van der Waals surface area (Å²) in [6, 6.07) is 13.1. The van der Waals surface area contributed by atoms with Gasteiger partial charge in [-0.25, -0.2) is 0 Å². The summed E-state index contributed by atoms with van der Waals surface area (Å²) in [7, 11) is 3.18. The summed E-state index contributed by atoms with van der Waals surface area (Å²) < 4.78 is 10.5. The molecule has 3 nitrogen and oxygen atoms in total. The fraction of sp³-hybridized carbons (Fsp3) is 0.235. The van der Waals surface area contributed by atoms with E-state index in [2.05, 4.69) is 0 Å². The highest BCUT2D eigenvalue weighted by Gasteiger charge is 2.14. The van der Waals surface area contributed by atoms with Crippen molar-refractivity contribution in [1.82, 2.24) is 0 Å². The molecule has 0 fully saturated rings. The Morgan fingerprint density at radius 1 is 1.00 bits per heavy atom. The molecular weight excluding hydrogens is 252 g/mol. The van der Waals surface area contributed by atoms with E-state index in [1.807, 2.05) is 37.3 Å². The molecule has 0 radical (unpaired) electrons. The highest BCUT2D eigenvalue weighted by atomic mass is 16.5. The number of carbonyl (C=O) groups is 1. The van der Waals surface area contributed by atoms with Crippen LogP contribution in [0.5, 0.6) is 11.5 Å². The van der Waals surface area contributed by atoms with Crippen LogP contribution in [0.15, 0.2) is 42.5 Å². The molecule has 0 bridgehead atoms. The molecule has 0 heterocycles. The van der Waals surface area contributed by atoms with Crippen molar-refractivity contribution in [3.05, 3.63) is 59.2 Å². The first kappa shape index (κ1) is 14.1. The molecule has 0 saturated carbocycles. The van der Waals surface area contributed by atoms with Gasteiger partial charge >= 0.3 is 0 Å². The second kappa shape index (κ2) is 6.24. The first-order valence-electron chi connectivity index (χ1n) is 6.45. The van der Waals surface area contributed by atoms with E-state index in [9.17, 15) is 4.79 Å². The van der Waals surface area contributed by atoms with Crippen molar-refractivity contribution >= 4 is 5.78 Å². The first-order valence-corrected chi connectivity index (χ1v) is 6.45. The molecule has 0 aliphatic rings. The second-order valence-corrected chi connectivity index (χ2v) is 4.62. The zero-order chi connectivity index (χ0) is 14.5. The Kier molecular flexibility index (Phi) is 4.41. The predicted molar refractivity (Wildman–Crippen MR) is 78.8 cm³/mol. The molecule has 104 valence electrons. The number of hydrogen-bond donors (Lipinski definition) is 0. The van der Waals surface area contributed by atoms with E-state index in [4.69, 9.17) is 9.47 Å². The van der Waals surface area contributed by atoms with Gasteiger partial charge < -0.3 is 9.47 Å². The Balaban J connectivity index is 2.30. The predicted octanol–water partition coefficient (Wildman–Crippen LogP) is 3.44. The van der Waals surface area contributed by atoms with E-state index in [-0.39, 0.29) is 5.78 Å². The van der Waals surface area contributed by atoms with Gasteiger partial charge in [-0.15, -0.1) is 0 Å². The summed E-state index contributed by atoms with van der Waals surface area (Å²) in [4.78, 5) is 12.4. The largest absolute Gasteiger partial charge is 0.496 e. The van der Waals surface area contributed by atoms with Crippen molar-refractivity contribution < 1.29 is 14.3 Å². The quantitative estimate of drug-likeness (QED) is 0.781. The number of ketones is 1. The second-order valence-electron chi connectivity index (χ2n) is 4.62. The van der Waals surface area contributed by atoms with Gasteiger partial charge in [0.15, 0.2) is 5.78 Å². The Bertz CT molecular complexity index is 617. The van der Waals surface area contributed by atoms with Gasteiger partial charge in [0.25, 0.3) is 0 Å². The van der Waals surface area contributed by atoms with Crippen LogP contribution in [-0.4, -0.2) is 20.0 Å². The van der Waals surface area contributed by atoms with Crippen molar-refractivity contribution in [3.8, 4) is 11.5 Å². The molecule has 0 N–H and O–H groups in total. The number of hydrogen-bond acceptors (Lipinski definition) is 3. The lowest BCUT2D eigenvalue weighted by Crippen LogP contribution is -2.07. The van der Waals surface area contributed by atoms with Gasteiger partial charge in [0.1, 0.15) is 11.5 Å². The van der Waals surface area contributed by atoms with Crippen LogP contribution in [0, 0.1) is 6.92 Å². The number of carbonyl (C=O) groups excluding carboxylic acids is 1. The maximum absolute atomic E-state index is 12.4. The molecule has 0 aliphatic heterocycles. The molecule has 3 heteroatoms. The molecule has 2 rings (SSSR count). The van der Waals surface area contributed by atoms with Crippen LogP contribution in [0.2, 0.25) is 0 Å². The van der Waals surface area contributed by atoms with Crippen LogP contribution in [0.3, 0.4) is 0 Å². The number of methoxy groups -OCH3 is 2. The minimum absolute atomic E-state index is 0.0198. The molecule has 0 spiro atoms. The molecule has 2 aromatic rings. The highest BCUT2D eigenvalue weighted by molar-refractivity contribution is 6.00. The zero-order valence-electron chi connectivity index (χ0n) is 12.0. The van der Waals surface area contributed by atoms with Gasteiger partial charge in [-0.05, 0) is 25.1 Å². The van der Waals surface area contributed by atoms with E-state index in [0.717, 1.165) is 16.9 Å². The molecular formula is C17H18O3. The minimum Gasteiger partial charge on any atom is -0.496 e. The Labute approximate surface area is 119 Å². The van der Waals surface area contributed by atoms with Crippen LogP contribution in [0.4, 0.5) is 0 Å². The average Bonchev–Trinajstić information content (AvgIpc) is 2.47. The fourth-order valence-electron chi connectivity index (χ4n) is 2.19. The van der Waals surface area contributed by atoms with Gasteiger partial charge in [-0.2, -0.15) is 0 Å². The third-order valence-corrected chi connectivity index (χ3v) is 3.19. The van der Waals surface area contributed by atoms with Crippen molar-refractivity contribution in [2.24, 2.45) is 0 Å². The fourth-order valence-corrected chi connectivity index (χ4v) is 2.19. The zero-order valence-corrected chi connectivity index (χ0v) is 12.0. The number of ether oxygens (including phenoxy) is 2. The summed E-state index contributed by atoms with van der Waals surface area (Å²) in [6.45, 7) is 2.00. The summed E-state index contributed by atoms with van der Waals surface area (Å²) in [5.74, 6) is 1.36. The maximum atomic E-state index is 12.4. The smallest absolute Gasteiger partial charge is 0.171 e. The number of aryl methyl sites for hydroxylation is 1. The van der Waals surface area contributed by atoms with Crippen molar-refractivity contribution in [1.29, 1.82) is 0 Å². The van der Waals surface area contributed by atoms with Crippen molar-refractivity contribution in [2.75, 3.05) is 14.2 Å². The molecule has 0 aliphatic carbocycles. The Morgan fingerprint density at radius 2 is 1.70 bits per heavy atom. The van der Waals surface area contributed by atoms with Gasteiger partial charge in [0.05, 0.1) is 19.8 Å². The van der Waals surface area contributed by atoms with Crippen molar-refractivity contribution in [3.63, 3.8) is 0 Å². The maximum Gasteiger partial charge on any atom is 0.171 e. The van der Waals surface area contributed by atoms with Gasteiger partial charge in [0, 0.05) is 12.0 Å². The van der Waals surface area contributed by atoms with Crippen LogP contribution in [0.1, 0.15) is 21.5 Å². The first-order chi connectivity index (χ1) is 9.65. The van der Waals surface area contributed by atoms with Crippen LogP contribution in [0.25, 0.3) is 0 Å². The lowest BCUT2D eigenvalue weighted by Gasteiger charge is -2.10. The molecule has 20 heavy (non-hydrogen) atoms. The summed E-state index contributed by atoms with van der Waals surface area (Å²) in [5, 5.41) is 0. The van der Waals surface area contributed by atoms with Crippen molar-refractivity contribution in [2.45, 2.75) is 13.3 Å². The number of Topliss-reactive ketones (excluding diaryl/α,β-unsaturated/α-hetero) is 1. The number of para-hydroxylation sites is 1. The van der Waals surface area contributed by atoms with Crippen LogP contribution < -0.4 is 9.47 Å². The standard InChI is InChI=1S/C17H18O3/c1-12-8-9-16(19-2)13(10-12)11-15(18)14-6-4-5-7-17(14)20-3/h4-10H,11H2,1-3H3. The average molecular weight is 270 g/mol. The Morgan fingerprint density at radius 3 is 2.40 bits per heavy atom. The molecule has 0 unspecified atom stereocenters. The summed E-state index contributed by atoms with van der Waals surface area (Å²) in [6.07, 6.45) is 0.297. The van der Waals surface area contributed by atoms with E-state index in [1.54, 1.807) is 26.4 Å². The summed E-state index contributed by atoms with van der Waals surface area (Å²) >= 11 is 0. The molecule has 0 atom stereocenters.